The summed E-state index contributed by atoms with van der Waals surface area (Å²) in [5.74, 6) is -0.755. The van der Waals surface area contributed by atoms with E-state index in [9.17, 15) is 8.78 Å². The van der Waals surface area contributed by atoms with Gasteiger partial charge in [0.05, 0.1) is 11.0 Å². The van der Waals surface area contributed by atoms with E-state index in [4.69, 9.17) is 5.73 Å². The third kappa shape index (κ3) is 2.90. The summed E-state index contributed by atoms with van der Waals surface area (Å²) < 4.78 is 29.1. The van der Waals surface area contributed by atoms with Gasteiger partial charge in [-0.05, 0) is 42.3 Å². The number of fused-ring (bicyclic) bond motifs is 1. The maximum absolute atomic E-state index is 13.2. The molecule has 1 heterocycles. The van der Waals surface area contributed by atoms with Crippen molar-refractivity contribution < 1.29 is 8.78 Å². The van der Waals surface area contributed by atoms with E-state index in [2.05, 4.69) is 20.9 Å². The zero-order chi connectivity index (χ0) is 15.0. The smallest absolute Gasteiger partial charge is 0.201 e. The molecule has 21 heavy (non-hydrogen) atoms. The lowest BCUT2D eigenvalue weighted by molar-refractivity contribution is 0.577. The van der Waals surface area contributed by atoms with Gasteiger partial charge < -0.3 is 10.3 Å². The van der Waals surface area contributed by atoms with E-state index >= 15 is 0 Å². The zero-order valence-electron chi connectivity index (χ0n) is 11.0. The molecule has 3 rings (SSSR count). The molecule has 1 aromatic heterocycles. The molecule has 0 aliphatic rings. The quantitative estimate of drug-likeness (QED) is 0.777. The Hall–Kier alpha value is -1.95. The molecule has 0 unspecified atom stereocenters. The van der Waals surface area contributed by atoms with E-state index in [0.29, 0.717) is 24.5 Å². The Bertz CT molecular complexity index is 794. The minimum atomic E-state index is -0.572. The van der Waals surface area contributed by atoms with Gasteiger partial charge in [-0.3, -0.25) is 0 Å². The number of anilines is 1. The molecule has 0 saturated heterocycles. The normalized spacial score (nSPS) is 11.2. The van der Waals surface area contributed by atoms with Crippen molar-refractivity contribution in [2.45, 2.75) is 13.0 Å². The van der Waals surface area contributed by atoms with Crippen molar-refractivity contribution >= 4 is 32.9 Å². The van der Waals surface area contributed by atoms with Gasteiger partial charge in [-0.25, -0.2) is 13.8 Å². The number of halogens is 3. The molecule has 0 aliphatic carbocycles. The number of benzene rings is 2. The number of nitrogens with zero attached hydrogens (tertiary/aromatic N) is 2. The number of aromatic nitrogens is 2. The number of hydrogen-bond donors (Lipinski definition) is 1. The van der Waals surface area contributed by atoms with E-state index in [1.54, 1.807) is 0 Å². The molecule has 0 spiro atoms. The number of rotatable bonds is 3. The van der Waals surface area contributed by atoms with Gasteiger partial charge in [0, 0.05) is 17.1 Å². The van der Waals surface area contributed by atoms with E-state index in [0.717, 1.165) is 21.6 Å². The van der Waals surface area contributed by atoms with Crippen LogP contribution in [0.15, 0.2) is 40.9 Å². The highest BCUT2D eigenvalue weighted by Crippen LogP contribution is 2.22. The summed E-state index contributed by atoms with van der Waals surface area (Å²) in [4.78, 5) is 4.28. The predicted molar refractivity (Wildman–Crippen MR) is 81.9 cm³/mol. The van der Waals surface area contributed by atoms with Gasteiger partial charge in [0.2, 0.25) is 5.95 Å². The van der Waals surface area contributed by atoms with Crippen LogP contribution in [0.3, 0.4) is 0 Å². The molecule has 2 aromatic carbocycles. The summed E-state index contributed by atoms with van der Waals surface area (Å²) in [6.07, 6.45) is 0.473. The van der Waals surface area contributed by atoms with Gasteiger partial charge in [-0.1, -0.05) is 15.9 Å². The molecule has 108 valence electrons. The first kappa shape index (κ1) is 14.0. The van der Waals surface area contributed by atoms with Crippen LogP contribution in [0, 0.1) is 11.6 Å². The molecule has 3 aromatic rings. The summed E-state index contributed by atoms with van der Waals surface area (Å²) >= 11 is 3.38. The van der Waals surface area contributed by atoms with Crippen LogP contribution in [-0.4, -0.2) is 9.55 Å². The van der Waals surface area contributed by atoms with Crippen LogP contribution in [0.2, 0.25) is 0 Å². The van der Waals surface area contributed by atoms with Crippen LogP contribution < -0.4 is 5.73 Å². The molecule has 0 saturated carbocycles. The molecule has 0 fully saturated rings. The Morgan fingerprint density at radius 1 is 1.10 bits per heavy atom. The average Bonchev–Trinajstić information content (AvgIpc) is 2.70. The largest absolute Gasteiger partial charge is 0.369 e. The lowest BCUT2D eigenvalue weighted by Gasteiger charge is -2.07. The maximum Gasteiger partial charge on any atom is 0.201 e. The fourth-order valence-corrected chi connectivity index (χ4v) is 2.70. The van der Waals surface area contributed by atoms with Gasteiger partial charge in [0.15, 0.2) is 0 Å². The Morgan fingerprint density at radius 3 is 2.52 bits per heavy atom. The molecule has 0 amide bonds. The first-order chi connectivity index (χ1) is 10.0. The van der Waals surface area contributed by atoms with Gasteiger partial charge in [0.25, 0.3) is 0 Å². The number of nitrogen functional groups attached to an aromatic ring is 1. The first-order valence-electron chi connectivity index (χ1n) is 6.39. The molecule has 0 bridgehead atoms. The molecule has 0 aliphatic heterocycles. The zero-order valence-corrected chi connectivity index (χ0v) is 12.6. The van der Waals surface area contributed by atoms with Crippen molar-refractivity contribution in [3.05, 3.63) is 58.1 Å². The minimum absolute atomic E-state index is 0.389. The highest BCUT2D eigenvalue weighted by molar-refractivity contribution is 9.10. The summed E-state index contributed by atoms with van der Waals surface area (Å²) in [7, 11) is 0. The fraction of sp³-hybridized carbons (Fsp3) is 0.133. The summed E-state index contributed by atoms with van der Waals surface area (Å²) in [6, 6.07) is 9.22. The van der Waals surface area contributed by atoms with Crippen molar-refractivity contribution in [2.24, 2.45) is 0 Å². The molecule has 3 nitrogen and oxygen atoms in total. The molecule has 6 heteroatoms. The molecule has 0 radical (unpaired) electrons. The van der Waals surface area contributed by atoms with Gasteiger partial charge in [0.1, 0.15) is 11.6 Å². The Morgan fingerprint density at radius 2 is 1.81 bits per heavy atom. The molecular formula is C15H12BrF2N3. The van der Waals surface area contributed by atoms with E-state index in [1.807, 2.05) is 22.8 Å². The molecule has 2 N–H and O–H groups in total. The van der Waals surface area contributed by atoms with E-state index in [1.165, 1.54) is 12.1 Å². The second-order valence-corrected chi connectivity index (χ2v) is 5.70. The Kier molecular flexibility index (Phi) is 3.63. The van der Waals surface area contributed by atoms with Gasteiger partial charge in [-0.15, -0.1) is 0 Å². The highest BCUT2D eigenvalue weighted by Gasteiger charge is 2.09. The summed E-state index contributed by atoms with van der Waals surface area (Å²) in [5.41, 5.74) is 8.18. The van der Waals surface area contributed by atoms with Crippen molar-refractivity contribution in [1.29, 1.82) is 0 Å². The van der Waals surface area contributed by atoms with Crippen molar-refractivity contribution in [3.63, 3.8) is 0 Å². The minimum Gasteiger partial charge on any atom is -0.369 e. The van der Waals surface area contributed by atoms with Gasteiger partial charge >= 0.3 is 0 Å². The third-order valence-corrected chi connectivity index (χ3v) is 3.78. The second-order valence-electron chi connectivity index (χ2n) is 4.78. The van der Waals surface area contributed by atoms with Crippen molar-refractivity contribution in [1.82, 2.24) is 9.55 Å². The average molecular weight is 352 g/mol. The lowest BCUT2D eigenvalue weighted by atomic mass is 10.1. The number of hydrogen-bond acceptors (Lipinski definition) is 2. The monoisotopic (exact) mass is 351 g/mol. The van der Waals surface area contributed by atoms with Crippen LogP contribution in [0.1, 0.15) is 5.56 Å². The van der Waals surface area contributed by atoms with Crippen molar-refractivity contribution in [2.75, 3.05) is 5.73 Å². The van der Waals surface area contributed by atoms with E-state index in [-0.39, 0.29) is 0 Å². The first-order valence-corrected chi connectivity index (χ1v) is 7.18. The van der Waals surface area contributed by atoms with Crippen LogP contribution in [-0.2, 0) is 13.0 Å². The summed E-state index contributed by atoms with van der Waals surface area (Å²) in [5, 5.41) is 0. The lowest BCUT2D eigenvalue weighted by Crippen LogP contribution is -2.06. The number of nitrogens with two attached hydrogens (primary N) is 1. The Labute approximate surface area is 128 Å². The van der Waals surface area contributed by atoms with Crippen LogP contribution >= 0.6 is 15.9 Å². The maximum atomic E-state index is 13.2. The van der Waals surface area contributed by atoms with Crippen LogP contribution in [0.5, 0.6) is 0 Å². The van der Waals surface area contributed by atoms with Crippen LogP contribution in [0.25, 0.3) is 11.0 Å². The predicted octanol–water partition coefficient (Wildman–Crippen LogP) is 3.90. The summed E-state index contributed by atoms with van der Waals surface area (Å²) in [6.45, 7) is 0.507. The SMILES string of the molecule is Nc1nc2cc(Br)ccc2n1CCc1cc(F)cc(F)c1. The van der Waals surface area contributed by atoms with Crippen LogP contribution in [0.4, 0.5) is 14.7 Å². The Balaban J connectivity index is 1.89. The topological polar surface area (TPSA) is 43.8 Å². The van der Waals surface area contributed by atoms with E-state index < -0.39 is 11.6 Å². The molecular weight excluding hydrogens is 340 g/mol. The van der Waals surface area contributed by atoms with Gasteiger partial charge in [-0.2, -0.15) is 0 Å². The second kappa shape index (κ2) is 5.44. The number of imidazole rings is 1. The third-order valence-electron chi connectivity index (χ3n) is 3.29. The standard InChI is InChI=1S/C15H12BrF2N3/c16-10-1-2-14-13(7-10)20-15(19)21(14)4-3-9-5-11(17)8-12(18)6-9/h1-2,5-8H,3-4H2,(H2,19,20). The highest BCUT2D eigenvalue weighted by atomic mass is 79.9. The van der Waals surface area contributed by atoms with Crippen molar-refractivity contribution in [3.8, 4) is 0 Å². The molecule has 0 atom stereocenters. The number of aryl methyl sites for hydroxylation is 2. The fourth-order valence-electron chi connectivity index (χ4n) is 2.35.